The molecule has 1 aliphatic carbocycles. The van der Waals surface area contributed by atoms with E-state index in [9.17, 15) is 4.79 Å². The Morgan fingerprint density at radius 3 is 2.65 bits per heavy atom. The topological polar surface area (TPSA) is 42.0 Å². The average molecular weight is 252 g/mol. The first-order valence-electron chi connectivity index (χ1n) is 6.17. The van der Waals surface area contributed by atoms with Crippen molar-refractivity contribution in [1.29, 1.82) is 0 Å². The van der Waals surface area contributed by atoms with E-state index in [0.29, 0.717) is 11.3 Å². The molecule has 0 unspecified atom stereocenters. The molecule has 1 saturated carbocycles. The Morgan fingerprint density at radius 1 is 1.53 bits per heavy atom. The van der Waals surface area contributed by atoms with Crippen molar-refractivity contribution in [3.8, 4) is 0 Å². The molecule has 0 bridgehead atoms. The van der Waals surface area contributed by atoms with Crippen LogP contribution in [0.3, 0.4) is 0 Å². The third kappa shape index (κ3) is 2.37. The molecular formula is C13H20N2OS. The Balaban J connectivity index is 2.07. The van der Waals surface area contributed by atoms with Crippen LogP contribution in [0.25, 0.3) is 0 Å². The van der Waals surface area contributed by atoms with Gasteiger partial charge in [-0.15, -0.1) is 0 Å². The predicted octanol–water partition coefficient (Wildman–Crippen LogP) is 3.50. The summed E-state index contributed by atoms with van der Waals surface area (Å²) in [6, 6.07) is 0. The molecule has 0 atom stereocenters. The summed E-state index contributed by atoms with van der Waals surface area (Å²) in [5.74, 6) is 0.804. The van der Waals surface area contributed by atoms with Crippen molar-refractivity contribution in [2.75, 3.05) is 11.9 Å². The third-order valence-electron chi connectivity index (χ3n) is 3.93. The molecule has 2 rings (SSSR count). The van der Waals surface area contributed by atoms with Gasteiger partial charge in [0, 0.05) is 6.54 Å². The Kier molecular flexibility index (Phi) is 3.25. The quantitative estimate of drug-likeness (QED) is 0.815. The van der Waals surface area contributed by atoms with Crippen molar-refractivity contribution in [2.45, 2.75) is 40.5 Å². The lowest BCUT2D eigenvalue weighted by Gasteiger charge is -2.20. The monoisotopic (exact) mass is 252 g/mol. The van der Waals surface area contributed by atoms with Gasteiger partial charge in [-0.05, 0) is 49.6 Å². The number of rotatable bonds is 5. The fourth-order valence-corrected chi connectivity index (χ4v) is 3.12. The van der Waals surface area contributed by atoms with Crippen LogP contribution in [-0.2, 0) is 0 Å². The Labute approximate surface area is 107 Å². The van der Waals surface area contributed by atoms with Crippen molar-refractivity contribution in [3.05, 3.63) is 11.3 Å². The summed E-state index contributed by atoms with van der Waals surface area (Å²) in [5.41, 5.74) is 2.07. The number of nitrogens with zero attached hydrogens (tertiary/aromatic N) is 1. The van der Waals surface area contributed by atoms with E-state index in [1.165, 1.54) is 24.4 Å². The van der Waals surface area contributed by atoms with Crippen molar-refractivity contribution in [2.24, 2.45) is 11.3 Å². The highest BCUT2D eigenvalue weighted by Crippen LogP contribution is 2.51. The minimum atomic E-state index is 0.105. The zero-order chi connectivity index (χ0) is 12.6. The van der Waals surface area contributed by atoms with Gasteiger partial charge in [0.1, 0.15) is 5.00 Å². The fraction of sp³-hybridized carbons (Fsp3) is 0.692. The van der Waals surface area contributed by atoms with Crippen molar-refractivity contribution in [3.63, 3.8) is 0 Å². The molecule has 1 aromatic rings. The van der Waals surface area contributed by atoms with Gasteiger partial charge in [-0.2, -0.15) is 4.37 Å². The summed E-state index contributed by atoms with van der Waals surface area (Å²) >= 11 is 1.40. The minimum Gasteiger partial charge on any atom is -0.374 e. The zero-order valence-corrected chi connectivity index (χ0v) is 11.8. The van der Waals surface area contributed by atoms with Gasteiger partial charge in [0.2, 0.25) is 0 Å². The van der Waals surface area contributed by atoms with Crippen LogP contribution in [0, 0.1) is 18.3 Å². The maximum atomic E-state index is 11.5. The lowest BCUT2D eigenvalue weighted by Crippen LogP contribution is -2.21. The Morgan fingerprint density at radius 2 is 2.18 bits per heavy atom. The highest BCUT2D eigenvalue weighted by Gasteiger charge is 2.45. The largest absolute Gasteiger partial charge is 0.374 e. The lowest BCUT2D eigenvalue weighted by molar-refractivity contribution is 0.101. The highest BCUT2D eigenvalue weighted by molar-refractivity contribution is 7.10. The van der Waals surface area contributed by atoms with E-state index in [0.717, 1.165) is 22.8 Å². The lowest BCUT2D eigenvalue weighted by atomic mass is 9.92. The van der Waals surface area contributed by atoms with Crippen LogP contribution in [-0.4, -0.2) is 16.7 Å². The number of carbonyl (C=O) groups excluding carboxylic acids is 1. The normalized spacial score (nSPS) is 17.2. The molecule has 3 nitrogen and oxygen atoms in total. The van der Waals surface area contributed by atoms with E-state index in [-0.39, 0.29) is 5.78 Å². The van der Waals surface area contributed by atoms with Crippen LogP contribution >= 0.6 is 11.5 Å². The predicted molar refractivity (Wildman–Crippen MR) is 71.9 cm³/mol. The third-order valence-corrected chi connectivity index (χ3v) is 4.83. The first-order chi connectivity index (χ1) is 7.96. The molecule has 0 amide bonds. The number of Topliss-reactive ketones (excluding diaryl/α,β-unsaturated/α-hetero) is 1. The molecule has 1 heterocycles. The molecule has 94 valence electrons. The molecule has 1 N–H and O–H groups in total. The van der Waals surface area contributed by atoms with Gasteiger partial charge in [-0.3, -0.25) is 4.79 Å². The first-order valence-corrected chi connectivity index (χ1v) is 6.95. The number of hydrogen-bond donors (Lipinski definition) is 1. The standard InChI is InChI=1S/C13H20N2OS/c1-8(2)13(5-6-13)7-14-12-11(10(4)16)9(3)15-17-12/h8,14H,5-7H2,1-4H3. The summed E-state index contributed by atoms with van der Waals surface area (Å²) in [7, 11) is 0. The molecule has 17 heavy (non-hydrogen) atoms. The van der Waals surface area contributed by atoms with Gasteiger partial charge in [0.05, 0.1) is 11.3 Å². The molecule has 0 radical (unpaired) electrons. The smallest absolute Gasteiger partial charge is 0.164 e. The Hall–Kier alpha value is -0.900. The molecule has 0 spiro atoms. The van der Waals surface area contributed by atoms with Crippen LogP contribution in [0.4, 0.5) is 5.00 Å². The van der Waals surface area contributed by atoms with E-state index < -0.39 is 0 Å². The molecule has 0 aliphatic heterocycles. The second kappa shape index (κ2) is 4.41. The number of nitrogens with one attached hydrogen (secondary N) is 1. The maximum absolute atomic E-state index is 11.5. The molecule has 1 fully saturated rings. The van der Waals surface area contributed by atoms with E-state index in [4.69, 9.17) is 0 Å². The number of aryl methyl sites for hydroxylation is 1. The van der Waals surface area contributed by atoms with Gasteiger partial charge in [0.25, 0.3) is 0 Å². The van der Waals surface area contributed by atoms with E-state index in [1.807, 2.05) is 6.92 Å². The summed E-state index contributed by atoms with van der Waals surface area (Å²) in [4.78, 5) is 11.5. The summed E-state index contributed by atoms with van der Waals surface area (Å²) in [5, 5.41) is 4.38. The van der Waals surface area contributed by atoms with Gasteiger partial charge in [-0.1, -0.05) is 13.8 Å². The number of aromatic nitrogens is 1. The van der Waals surface area contributed by atoms with Gasteiger partial charge >= 0.3 is 0 Å². The van der Waals surface area contributed by atoms with E-state index in [2.05, 4.69) is 23.5 Å². The van der Waals surface area contributed by atoms with Crippen LogP contribution in [0.15, 0.2) is 0 Å². The van der Waals surface area contributed by atoms with Crippen LogP contribution in [0.1, 0.15) is 49.7 Å². The second-order valence-corrected chi connectivity index (χ2v) is 6.17. The van der Waals surface area contributed by atoms with Crippen LogP contribution in [0.5, 0.6) is 0 Å². The van der Waals surface area contributed by atoms with Crippen LogP contribution < -0.4 is 5.32 Å². The van der Waals surface area contributed by atoms with Crippen molar-refractivity contribution in [1.82, 2.24) is 4.37 Å². The maximum Gasteiger partial charge on any atom is 0.164 e. The van der Waals surface area contributed by atoms with Gasteiger partial charge in [0.15, 0.2) is 5.78 Å². The summed E-state index contributed by atoms with van der Waals surface area (Å²) in [6.45, 7) is 9.02. The van der Waals surface area contributed by atoms with Gasteiger partial charge < -0.3 is 5.32 Å². The molecule has 4 heteroatoms. The molecule has 0 saturated heterocycles. The summed E-state index contributed by atoms with van der Waals surface area (Å²) < 4.78 is 4.26. The highest BCUT2D eigenvalue weighted by atomic mass is 32.1. The number of ketones is 1. The first kappa shape index (κ1) is 12.6. The number of hydrogen-bond acceptors (Lipinski definition) is 4. The molecular weight excluding hydrogens is 232 g/mol. The van der Waals surface area contributed by atoms with Crippen LogP contribution in [0.2, 0.25) is 0 Å². The molecule has 1 aliphatic rings. The van der Waals surface area contributed by atoms with Gasteiger partial charge in [-0.25, -0.2) is 0 Å². The Bertz CT molecular complexity index is 433. The minimum absolute atomic E-state index is 0.105. The van der Waals surface area contributed by atoms with Crippen molar-refractivity contribution < 1.29 is 4.79 Å². The number of anilines is 1. The van der Waals surface area contributed by atoms with E-state index in [1.54, 1.807) is 6.92 Å². The van der Waals surface area contributed by atoms with Crippen molar-refractivity contribution >= 4 is 22.3 Å². The van der Waals surface area contributed by atoms with E-state index >= 15 is 0 Å². The zero-order valence-electron chi connectivity index (χ0n) is 11.0. The molecule has 0 aromatic carbocycles. The number of carbonyl (C=O) groups is 1. The average Bonchev–Trinajstić information content (AvgIpc) is 2.95. The second-order valence-electron chi connectivity index (χ2n) is 5.40. The fourth-order valence-electron chi connectivity index (χ4n) is 2.28. The SMILES string of the molecule is CC(=O)c1c(C)nsc1NCC1(C(C)C)CC1. The molecule has 1 aromatic heterocycles. The summed E-state index contributed by atoms with van der Waals surface area (Å²) in [6.07, 6.45) is 2.59.